The lowest BCUT2D eigenvalue weighted by molar-refractivity contribution is -0.387. The van der Waals surface area contributed by atoms with Crippen LogP contribution in [0.15, 0.2) is 12.1 Å². The van der Waals surface area contributed by atoms with Gasteiger partial charge in [0, 0.05) is 12.6 Å². The summed E-state index contributed by atoms with van der Waals surface area (Å²) in [5.74, 6) is -1.76. The van der Waals surface area contributed by atoms with Crippen LogP contribution in [-0.4, -0.2) is 19.7 Å². The van der Waals surface area contributed by atoms with Crippen molar-refractivity contribution in [3.63, 3.8) is 0 Å². The molecule has 0 saturated heterocycles. The molecule has 0 unspecified atom stereocenters. The molecular weight excluding hydrogens is 338 g/mol. The van der Waals surface area contributed by atoms with Crippen molar-refractivity contribution in [2.45, 2.75) is 18.8 Å². The third-order valence-electron chi connectivity index (χ3n) is 2.75. The molecule has 9 heteroatoms. The lowest BCUT2D eigenvalue weighted by Gasteiger charge is -2.08. The highest BCUT2D eigenvalue weighted by molar-refractivity contribution is 9.08. The number of halogens is 3. The van der Waals surface area contributed by atoms with E-state index in [2.05, 4.69) is 26.1 Å². The van der Waals surface area contributed by atoms with Crippen LogP contribution in [0.3, 0.4) is 0 Å². The first-order chi connectivity index (χ1) is 9.51. The highest BCUT2D eigenvalue weighted by Crippen LogP contribution is 2.31. The summed E-state index contributed by atoms with van der Waals surface area (Å²) >= 11 is 3.19. The van der Waals surface area contributed by atoms with Gasteiger partial charge in [-0.05, 0) is 13.0 Å². The molecule has 0 amide bonds. The van der Waals surface area contributed by atoms with Gasteiger partial charge in [-0.1, -0.05) is 15.9 Å². The molecule has 1 aromatic heterocycles. The van der Waals surface area contributed by atoms with Gasteiger partial charge in [0.1, 0.15) is 11.6 Å². The van der Waals surface area contributed by atoms with Gasteiger partial charge in [0.2, 0.25) is 5.82 Å². The van der Waals surface area contributed by atoms with Crippen LogP contribution in [0.1, 0.15) is 12.7 Å². The first-order valence-corrected chi connectivity index (χ1v) is 6.74. The Hall–Kier alpha value is -1.90. The van der Waals surface area contributed by atoms with Crippen LogP contribution in [0.5, 0.6) is 0 Å². The standard InChI is InChI=1S/C11H9BrF2N4O2/c1-2-17-8(5-12)15-16-11(17)9-6(13)3-4-7(10(9)14)18(19)20/h3-4H,2,5H2,1H3. The van der Waals surface area contributed by atoms with Crippen molar-refractivity contribution in [1.29, 1.82) is 0 Å². The van der Waals surface area contributed by atoms with Crippen LogP contribution >= 0.6 is 15.9 Å². The van der Waals surface area contributed by atoms with E-state index in [4.69, 9.17) is 0 Å². The number of nitro groups is 1. The average molecular weight is 347 g/mol. The maximum atomic E-state index is 14.1. The van der Waals surface area contributed by atoms with Crippen LogP contribution < -0.4 is 0 Å². The summed E-state index contributed by atoms with van der Waals surface area (Å²) in [7, 11) is 0. The number of hydrogen-bond donors (Lipinski definition) is 0. The Morgan fingerprint density at radius 3 is 2.65 bits per heavy atom. The van der Waals surface area contributed by atoms with E-state index in [1.54, 1.807) is 6.92 Å². The number of nitrogens with zero attached hydrogens (tertiary/aromatic N) is 4. The molecule has 0 aliphatic carbocycles. The maximum Gasteiger partial charge on any atom is 0.305 e. The Morgan fingerprint density at radius 1 is 1.40 bits per heavy atom. The highest BCUT2D eigenvalue weighted by Gasteiger charge is 2.26. The molecule has 1 heterocycles. The lowest BCUT2D eigenvalue weighted by Crippen LogP contribution is -2.05. The van der Waals surface area contributed by atoms with E-state index in [1.807, 2.05) is 0 Å². The summed E-state index contributed by atoms with van der Waals surface area (Å²) in [4.78, 5) is 9.82. The van der Waals surface area contributed by atoms with E-state index < -0.39 is 27.8 Å². The van der Waals surface area contributed by atoms with E-state index in [0.29, 0.717) is 17.7 Å². The minimum Gasteiger partial charge on any atom is -0.310 e. The zero-order chi connectivity index (χ0) is 14.9. The van der Waals surface area contributed by atoms with Gasteiger partial charge in [0.25, 0.3) is 0 Å². The van der Waals surface area contributed by atoms with Crippen LogP contribution in [0.4, 0.5) is 14.5 Å². The molecule has 2 aromatic rings. The third-order valence-corrected chi connectivity index (χ3v) is 3.26. The second kappa shape index (κ2) is 5.61. The third kappa shape index (κ3) is 2.28. The van der Waals surface area contributed by atoms with E-state index >= 15 is 0 Å². The molecule has 6 nitrogen and oxygen atoms in total. The van der Waals surface area contributed by atoms with Crippen LogP contribution in [0.2, 0.25) is 0 Å². The molecule has 20 heavy (non-hydrogen) atoms. The van der Waals surface area contributed by atoms with E-state index in [9.17, 15) is 18.9 Å². The fraction of sp³-hybridized carbons (Fsp3) is 0.273. The van der Waals surface area contributed by atoms with Crippen LogP contribution in [0.25, 0.3) is 11.4 Å². The molecule has 0 N–H and O–H groups in total. The zero-order valence-electron chi connectivity index (χ0n) is 10.3. The van der Waals surface area contributed by atoms with Gasteiger partial charge in [-0.3, -0.25) is 10.1 Å². The molecule has 0 radical (unpaired) electrons. The number of rotatable bonds is 4. The number of hydrogen-bond acceptors (Lipinski definition) is 4. The Labute approximate surface area is 120 Å². The summed E-state index contributed by atoms with van der Waals surface area (Å²) in [6.07, 6.45) is 0. The first-order valence-electron chi connectivity index (χ1n) is 5.62. The van der Waals surface area contributed by atoms with Crippen LogP contribution in [-0.2, 0) is 11.9 Å². The largest absolute Gasteiger partial charge is 0.310 e. The summed E-state index contributed by atoms with van der Waals surface area (Å²) in [5.41, 5.74) is -1.34. The van der Waals surface area contributed by atoms with Crippen molar-refractivity contribution in [3.05, 3.63) is 39.7 Å². The quantitative estimate of drug-likeness (QED) is 0.484. The molecule has 0 fully saturated rings. The molecule has 0 spiro atoms. The highest BCUT2D eigenvalue weighted by atomic mass is 79.9. The van der Waals surface area contributed by atoms with E-state index in [-0.39, 0.29) is 5.82 Å². The van der Waals surface area contributed by atoms with Crippen molar-refractivity contribution in [3.8, 4) is 11.4 Å². The number of alkyl halides is 1. The predicted octanol–water partition coefficient (Wildman–Crippen LogP) is 3.05. The Balaban J connectivity index is 2.72. The molecule has 0 saturated carbocycles. The first kappa shape index (κ1) is 14.5. The smallest absolute Gasteiger partial charge is 0.305 e. The molecular formula is C11H9BrF2N4O2. The second-order valence-corrected chi connectivity index (χ2v) is 4.39. The average Bonchev–Trinajstić information content (AvgIpc) is 2.81. The van der Waals surface area contributed by atoms with Gasteiger partial charge in [-0.25, -0.2) is 4.39 Å². The summed E-state index contributed by atoms with van der Waals surface area (Å²) in [6.45, 7) is 2.14. The molecule has 0 aliphatic heterocycles. The van der Waals surface area contributed by atoms with Crippen molar-refractivity contribution < 1.29 is 13.7 Å². The van der Waals surface area contributed by atoms with Crippen LogP contribution in [0, 0.1) is 21.7 Å². The van der Waals surface area contributed by atoms with E-state index in [0.717, 1.165) is 12.1 Å². The van der Waals surface area contributed by atoms with Crippen molar-refractivity contribution in [2.75, 3.05) is 0 Å². The second-order valence-electron chi connectivity index (χ2n) is 3.83. The molecule has 2 rings (SSSR count). The zero-order valence-corrected chi connectivity index (χ0v) is 11.9. The van der Waals surface area contributed by atoms with Crippen molar-refractivity contribution >= 4 is 21.6 Å². The van der Waals surface area contributed by atoms with E-state index in [1.165, 1.54) is 4.57 Å². The molecule has 0 aliphatic rings. The fourth-order valence-corrected chi connectivity index (χ4v) is 2.25. The maximum absolute atomic E-state index is 14.1. The van der Waals surface area contributed by atoms with Crippen molar-refractivity contribution in [2.24, 2.45) is 0 Å². The Bertz CT molecular complexity index is 675. The van der Waals surface area contributed by atoms with Gasteiger partial charge in [-0.2, -0.15) is 4.39 Å². The minimum atomic E-state index is -1.25. The normalized spacial score (nSPS) is 10.8. The number of benzene rings is 1. The fourth-order valence-electron chi connectivity index (χ4n) is 1.84. The number of nitro benzene ring substituents is 1. The number of aromatic nitrogens is 3. The van der Waals surface area contributed by atoms with Crippen molar-refractivity contribution in [1.82, 2.24) is 14.8 Å². The summed E-state index contributed by atoms with van der Waals surface area (Å²) in [5, 5.41) is 18.6. The van der Waals surface area contributed by atoms with Gasteiger partial charge >= 0.3 is 5.69 Å². The van der Waals surface area contributed by atoms with Gasteiger partial charge < -0.3 is 4.57 Å². The molecule has 106 valence electrons. The molecule has 1 aromatic carbocycles. The SMILES string of the molecule is CCn1c(CBr)nnc1-c1c(F)ccc([N+](=O)[O-])c1F. The van der Waals surface area contributed by atoms with Gasteiger partial charge in [-0.15, -0.1) is 10.2 Å². The predicted molar refractivity (Wildman–Crippen MR) is 70.3 cm³/mol. The summed E-state index contributed by atoms with van der Waals surface area (Å²) in [6, 6.07) is 1.63. The Kier molecular flexibility index (Phi) is 4.07. The summed E-state index contributed by atoms with van der Waals surface area (Å²) < 4.78 is 29.5. The minimum absolute atomic E-state index is 0.0688. The van der Waals surface area contributed by atoms with Gasteiger partial charge in [0.15, 0.2) is 5.82 Å². The monoisotopic (exact) mass is 346 g/mol. The lowest BCUT2D eigenvalue weighted by atomic mass is 10.1. The molecule has 0 atom stereocenters. The molecule has 0 bridgehead atoms. The van der Waals surface area contributed by atoms with Gasteiger partial charge in [0.05, 0.1) is 15.8 Å². The topological polar surface area (TPSA) is 73.8 Å². The Morgan fingerprint density at radius 2 is 2.10 bits per heavy atom.